The molecule has 1 radical (unpaired) electrons. The third-order valence-corrected chi connectivity index (χ3v) is 2.19. The molecule has 0 aliphatic heterocycles. The van der Waals surface area contributed by atoms with Crippen LogP contribution in [0.3, 0.4) is 0 Å². The maximum Gasteiger partial charge on any atom is 0.0410 e. The molecule has 1 heteroatoms. The average Bonchev–Trinajstić information content (AvgIpc) is 1.69. The highest BCUT2D eigenvalue weighted by atomic mass is 79.9. The van der Waals surface area contributed by atoms with Gasteiger partial charge in [-0.25, -0.2) is 0 Å². The van der Waals surface area contributed by atoms with Crippen molar-refractivity contribution < 1.29 is 0 Å². The summed E-state index contributed by atoms with van der Waals surface area (Å²) < 4.78 is 0. The summed E-state index contributed by atoms with van der Waals surface area (Å²) in [5.41, 5.74) is 0. The summed E-state index contributed by atoms with van der Waals surface area (Å²) in [5.74, 6) is 0. The lowest BCUT2D eigenvalue weighted by atomic mass is 10.0. The third-order valence-electron chi connectivity index (χ3n) is 1.40. The minimum Gasteiger partial charge on any atom is -0.0838 e. The Balaban J connectivity index is 2.12. The Morgan fingerprint density at radius 3 is 1.86 bits per heavy atom. The molecule has 0 unspecified atom stereocenters. The molecule has 0 atom stereocenters. The molecule has 1 fully saturated rings. The minimum atomic E-state index is 1.32. The molecule has 1 saturated carbocycles. The fourth-order valence-electron chi connectivity index (χ4n) is 0.935. The van der Waals surface area contributed by atoms with Gasteiger partial charge in [-0.15, -0.1) is 0 Å². The second-order valence-corrected chi connectivity index (χ2v) is 3.20. The fourth-order valence-corrected chi connectivity index (χ4v) is 1.50. The quantitative estimate of drug-likeness (QED) is 0.513. The number of rotatable bonds is 0. The van der Waals surface area contributed by atoms with E-state index in [0.29, 0.717) is 0 Å². The molecule has 1 aliphatic rings. The Morgan fingerprint density at radius 2 is 1.57 bits per heavy atom. The first-order chi connectivity index (χ1) is 3.39. The summed E-state index contributed by atoms with van der Waals surface area (Å²) >= 11 is 3.50. The molecule has 0 aromatic rings. The van der Waals surface area contributed by atoms with Crippen molar-refractivity contribution in [2.45, 2.75) is 32.1 Å². The van der Waals surface area contributed by atoms with Gasteiger partial charge in [-0.1, -0.05) is 35.2 Å². The molecule has 1 aliphatic carbocycles. The summed E-state index contributed by atoms with van der Waals surface area (Å²) in [6.07, 6.45) is 6.89. The molecule has 0 aromatic carbocycles. The van der Waals surface area contributed by atoms with Gasteiger partial charge < -0.3 is 0 Å². The number of hydrogen-bond acceptors (Lipinski definition) is 0. The molecule has 0 amide bonds. The van der Waals surface area contributed by atoms with Crippen LogP contribution < -0.4 is 0 Å². The van der Waals surface area contributed by atoms with Crippen molar-refractivity contribution >= 4 is 15.9 Å². The molecule has 1 rings (SSSR count). The van der Waals surface area contributed by atoms with Gasteiger partial charge >= 0.3 is 0 Å². The molecule has 0 heterocycles. The lowest BCUT2D eigenvalue weighted by molar-refractivity contribution is 0.582. The molecule has 0 N–H and O–H groups in total. The van der Waals surface area contributed by atoms with Crippen LogP contribution in [0.25, 0.3) is 0 Å². The standard InChI is InChI=1S/C6H10Br/c7-6-4-2-1-3-5-6/h1-5H2. The van der Waals surface area contributed by atoms with Crippen LogP contribution in [0.15, 0.2) is 0 Å². The van der Waals surface area contributed by atoms with Gasteiger partial charge in [0.15, 0.2) is 0 Å². The van der Waals surface area contributed by atoms with E-state index in [0.717, 1.165) is 0 Å². The van der Waals surface area contributed by atoms with E-state index >= 15 is 0 Å². The zero-order valence-corrected chi connectivity index (χ0v) is 6.00. The van der Waals surface area contributed by atoms with Gasteiger partial charge in [0.25, 0.3) is 0 Å². The van der Waals surface area contributed by atoms with E-state index in [-0.39, 0.29) is 0 Å². The predicted molar refractivity (Wildman–Crippen MR) is 35.3 cm³/mol. The van der Waals surface area contributed by atoms with Crippen molar-refractivity contribution in [2.75, 3.05) is 0 Å². The number of halogens is 1. The first-order valence-electron chi connectivity index (χ1n) is 2.90. The normalized spacial score (nSPS) is 25.3. The minimum absolute atomic E-state index is 1.32. The molecule has 0 spiro atoms. The van der Waals surface area contributed by atoms with Gasteiger partial charge in [0.05, 0.1) is 0 Å². The topological polar surface area (TPSA) is 0 Å². The molecule has 7 heavy (non-hydrogen) atoms. The Kier molecular flexibility index (Phi) is 2.17. The summed E-state index contributed by atoms with van der Waals surface area (Å²) in [6, 6.07) is 0. The van der Waals surface area contributed by atoms with E-state index in [1.54, 1.807) is 0 Å². The summed E-state index contributed by atoms with van der Waals surface area (Å²) in [4.78, 5) is 1.53. The second-order valence-electron chi connectivity index (χ2n) is 2.08. The zero-order valence-electron chi connectivity index (χ0n) is 4.41. The summed E-state index contributed by atoms with van der Waals surface area (Å²) in [5, 5.41) is 0. The van der Waals surface area contributed by atoms with Crippen molar-refractivity contribution in [3.8, 4) is 0 Å². The van der Waals surface area contributed by atoms with Crippen LogP contribution in [-0.4, -0.2) is 0 Å². The van der Waals surface area contributed by atoms with Crippen LogP contribution in [0.5, 0.6) is 0 Å². The van der Waals surface area contributed by atoms with Gasteiger partial charge in [-0.05, 0) is 12.8 Å². The van der Waals surface area contributed by atoms with Crippen molar-refractivity contribution in [1.82, 2.24) is 0 Å². The SMILES string of the molecule is Br[C]1CCCCC1. The van der Waals surface area contributed by atoms with Gasteiger partial charge in [-0.2, -0.15) is 0 Å². The van der Waals surface area contributed by atoms with Gasteiger partial charge in [-0.3, -0.25) is 0 Å². The van der Waals surface area contributed by atoms with Crippen LogP contribution in [0, 0.1) is 4.83 Å². The van der Waals surface area contributed by atoms with E-state index in [1.165, 1.54) is 36.9 Å². The molecular weight excluding hydrogens is 152 g/mol. The molecule has 0 nitrogen and oxygen atoms in total. The van der Waals surface area contributed by atoms with Crippen LogP contribution >= 0.6 is 15.9 Å². The largest absolute Gasteiger partial charge is 0.0838 e. The fraction of sp³-hybridized carbons (Fsp3) is 0.833. The van der Waals surface area contributed by atoms with Crippen LogP contribution in [0.1, 0.15) is 32.1 Å². The maximum atomic E-state index is 3.50. The maximum absolute atomic E-state index is 3.50. The Bertz CT molecular complexity index is 46.1. The molecule has 0 aromatic heterocycles. The lowest BCUT2D eigenvalue weighted by Crippen LogP contribution is -1.94. The molecular formula is C6H10Br. The highest BCUT2D eigenvalue weighted by Crippen LogP contribution is 2.29. The second kappa shape index (κ2) is 2.71. The number of hydrogen-bond donors (Lipinski definition) is 0. The predicted octanol–water partition coefficient (Wildman–Crippen LogP) is 2.88. The van der Waals surface area contributed by atoms with Gasteiger partial charge in [0.2, 0.25) is 0 Å². The Labute approximate surface area is 53.4 Å². The first kappa shape index (κ1) is 5.61. The van der Waals surface area contributed by atoms with Gasteiger partial charge in [0.1, 0.15) is 0 Å². The van der Waals surface area contributed by atoms with E-state index in [4.69, 9.17) is 0 Å². The van der Waals surface area contributed by atoms with E-state index in [2.05, 4.69) is 15.9 Å². The van der Waals surface area contributed by atoms with Crippen molar-refractivity contribution in [1.29, 1.82) is 0 Å². The van der Waals surface area contributed by atoms with Crippen molar-refractivity contribution in [3.05, 3.63) is 4.83 Å². The Hall–Kier alpha value is 0.480. The van der Waals surface area contributed by atoms with Crippen molar-refractivity contribution in [3.63, 3.8) is 0 Å². The highest BCUT2D eigenvalue weighted by Gasteiger charge is 2.08. The summed E-state index contributed by atoms with van der Waals surface area (Å²) in [7, 11) is 0. The molecule has 41 valence electrons. The summed E-state index contributed by atoms with van der Waals surface area (Å²) in [6.45, 7) is 0. The highest BCUT2D eigenvalue weighted by molar-refractivity contribution is 9.11. The first-order valence-corrected chi connectivity index (χ1v) is 3.69. The zero-order chi connectivity index (χ0) is 5.11. The molecule has 0 bridgehead atoms. The lowest BCUT2D eigenvalue weighted by Gasteiger charge is -2.13. The van der Waals surface area contributed by atoms with E-state index in [9.17, 15) is 0 Å². The van der Waals surface area contributed by atoms with Crippen LogP contribution in [0.2, 0.25) is 0 Å². The smallest absolute Gasteiger partial charge is 0.0410 e. The van der Waals surface area contributed by atoms with Gasteiger partial charge in [0, 0.05) is 4.83 Å². The van der Waals surface area contributed by atoms with Crippen molar-refractivity contribution in [2.24, 2.45) is 0 Å². The van der Waals surface area contributed by atoms with E-state index in [1.807, 2.05) is 0 Å². The monoisotopic (exact) mass is 161 g/mol. The molecule has 0 saturated heterocycles. The van der Waals surface area contributed by atoms with E-state index < -0.39 is 0 Å². The third kappa shape index (κ3) is 1.81. The van der Waals surface area contributed by atoms with Crippen LogP contribution in [0.4, 0.5) is 0 Å². The Morgan fingerprint density at radius 1 is 1.00 bits per heavy atom. The average molecular weight is 162 g/mol. The van der Waals surface area contributed by atoms with Crippen LogP contribution in [-0.2, 0) is 0 Å².